The first-order valence-electron chi connectivity index (χ1n) is 6.54. The summed E-state index contributed by atoms with van der Waals surface area (Å²) in [6, 6.07) is 5.82. The smallest absolute Gasteiger partial charge is 0.212 e. The van der Waals surface area contributed by atoms with Crippen LogP contribution in [0.4, 0.5) is 0 Å². The molecule has 9 heteroatoms. The second-order valence-corrected chi connectivity index (χ2v) is 9.07. The van der Waals surface area contributed by atoms with Crippen molar-refractivity contribution in [3.8, 4) is 0 Å². The average molecular weight is 353 g/mol. The van der Waals surface area contributed by atoms with Crippen molar-refractivity contribution in [3.63, 3.8) is 0 Å². The molecule has 0 aliphatic carbocycles. The van der Waals surface area contributed by atoms with E-state index in [-0.39, 0.29) is 17.2 Å². The summed E-state index contributed by atoms with van der Waals surface area (Å²) in [6.45, 7) is 0.875. The van der Waals surface area contributed by atoms with Gasteiger partial charge in [-0.2, -0.15) is 0 Å². The Bertz CT molecular complexity index is 698. The van der Waals surface area contributed by atoms with Gasteiger partial charge < -0.3 is 0 Å². The molecule has 2 rings (SSSR count). The highest BCUT2D eigenvalue weighted by Gasteiger charge is 2.25. The zero-order valence-corrected chi connectivity index (χ0v) is 13.7. The molecular weight excluding hydrogens is 336 g/mol. The lowest BCUT2D eigenvalue weighted by atomic mass is 10.4. The third-order valence-electron chi connectivity index (χ3n) is 3.22. The molecule has 1 aromatic carbocycles. The fraction of sp³-hybridized carbons (Fsp3) is 0.500. The molecule has 1 fully saturated rings. The molecule has 1 heterocycles. The van der Waals surface area contributed by atoms with E-state index in [0.29, 0.717) is 18.1 Å². The van der Waals surface area contributed by atoms with Crippen LogP contribution in [0.25, 0.3) is 0 Å². The molecule has 0 unspecified atom stereocenters. The molecule has 1 N–H and O–H groups in total. The Morgan fingerprint density at radius 2 is 1.81 bits per heavy atom. The predicted octanol–water partition coefficient (Wildman–Crippen LogP) is 1.04. The first-order chi connectivity index (χ1) is 9.81. The number of nitrogens with one attached hydrogen (secondary N) is 1. The highest BCUT2D eigenvalue weighted by Crippen LogP contribution is 2.16. The van der Waals surface area contributed by atoms with Gasteiger partial charge in [0.25, 0.3) is 0 Å². The van der Waals surface area contributed by atoms with Crippen LogP contribution in [0.3, 0.4) is 0 Å². The van der Waals surface area contributed by atoms with Crippen molar-refractivity contribution >= 4 is 31.6 Å². The third-order valence-corrected chi connectivity index (χ3v) is 6.78. The van der Waals surface area contributed by atoms with Crippen LogP contribution in [0.2, 0.25) is 5.02 Å². The normalized spacial score (nSPS) is 17.2. The molecule has 0 saturated carbocycles. The average Bonchev–Trinajstić information content (AvgIpc) is 2.93. The van der Waals surface area contributed by atoms with Gasteiger partial charge in [0, 0.05) is 24.7 Å². The number of hydrogen-bond acceptors (Lipinski definition) is 4. The minimum absolute atomic E-state index is 0.0218. The van der Waals surface area contributed by atoms with Gasteiger partial charge >= 0.3 is 0 Å². The maximum absolute atomic E-state index is 12.0. The molecule has 118 valence electrons. The molecule has 0 bridgehead atoms. The molecule has 0 atom stereocenters. The summed E-state index contributed by atoms with van der Waals surface area (Å²) in [5.74, 6) is -0.243. The first kappa shape index (κ1) is 16.7. The van der Waals surface area contributed by atoms with E-state index in [9.17, 15) is 16.8 Å². The molecule has 1 aliphatic heterocycles. The highest BCUT2D eigenvalue weighted by atomic mass is 35.5. The van der Waals surface area contributed by atoms with Gasteiger partial charge in [0.1, 0.15) is 0 Å². The van der Waals surface area contributed by atoms with Gasteiger partial charge in [-0.05, 0) is 31.0 Å². The minimum atomic E-state index is -3.75. The van der Waals surface area contributed by atoms with Gasteiger partial charge in [-0.1, -0.05) is 17.7 Å². The Morgan fingerprint density at radius 3 is 2.43 bits per heavy atom. The van der Waals surface area contributed by atoms with Crippen LogP contribution in [-0.2, 0) is 20.0 Å². The molecule has 0 spiro atoms. The first-order valence-corrected chi connectivity index (χ1v) is 10.0. The lowest BCUT2D eigenvalue weighted by Gasteiger charge is -2.15. The van der Waals surface area contributed by atoms with E-state index < -0.39 is 20.0 Å². The van der Waals surface area contributed by atoms with Crippen molar-refractivity contribution < 1.29 is 16.8 Å². The fourth-order valence-electron chi connectivity index (χ4n) is 2.12. The molecule has 6 nitrogen and oxygen atoms in total. The standard InChI is InChI=1S/C12H17ClN2O4S2/c13-11-4-3-5-12(10-11)21(18,19)14-6-9-20(16,17)15-7-1-2-8-15/h3-5,10,14H,1-2,6-9H2. The summed E-state index contributed by atoms with van der Waals surface area (Å²) >= 11 is 5.75. The summed E-state index contributed by atoms with van der Waals surface area (Å²) in [6.07, 6.45) is 1.71. The van der Waals surface area contributed by atoms with E-state index in [0.717, 1.165) is 12.8 Å². The van der Waals surface area contributed by atoms with Crippen LogP contribution < -0.4 is 4.72 Å². The molecule has 1 aliphatic rings. The van der Waals surface area contributed by atoms with Crippen molar-refractivity contribution in [2.45, 2.75) is 17.7 Å². The van der Waals surface area contributed by atoms with E-state index in [1.165, 1.54) is 22.5 Å². The molecule has 21 heavy (non-hydrogen) atoms. The van der Waals surface area contributed by atoms with E-state index in [4.69, 9.17) is 11.6 Å². The maximum Gasteiger partial charge on any atom is 0.240 e. The summed E-state index contributed by atoms with van der Waals surface area (Å²) in [5, 5.41) is 0.308. The largest absolute Gasteiger partial charge is 0.240 e. The van der Waals surface area contributed by atoms with Crippen molar-refractivity contribution in [2.24, 2.45) is 0 Å². The van der Waals surface area contributed by atoms with Gasteiger partial charge in [-0.3, -0.25) is 0 Å². The van der Waals surface area contributed by atoms with E-state index in [2.05, 4.69) is 4.72 Å². The molecule has 0 aromatic heterocycles. The SMILES string of the molecule is O=S(=O)(NCCS(=O)(=O)N1CCCC1)c1cccc(Cl)c1. The van der Waals surface area contributed by atoms with Crippen molar-refractivity contribution in [1.29, 1.82) is 0 Å². The second-order valence-electron chi connectivity index (χ2n) is 4.78. The number of rotatable bonds is 6. The van der Waals surface area contributed by atoms with Gasteiger partial charge in [0.2, 0.25) is 20.0 Å². The quantitative estimate of drug-likeness (QED) is 0.829. The summed E-state index contributed by atoms with van der Waals surface area (Å²) < 4.78 is 51.7. The number of benzene rings is 1. The monoisotopic (exact) mass is 352 g/mol. The molecule has 1 saturated heterocycles. The van der Waals surface area contributed by atoms with Gasteiger partial charge in [0.05, 0.1) is 10.6 Å². The molecule has 0 radical (unpaired) electrons. The Morgan fingerprint density at radius 1 is 1.14 bits per heavy atom. The topological polar surface area (TPSA) is 83.5 Å². The van der Waals surface area contributed by atoms with Crippen LogP contribution in [0.15, 0.2) is 29.2 Å². The Hall–Kier alpha value is -0.670. The lowest BCUT2D eigenvalue weighted by Crippen LogP contribution is -2.36. The van der Waals surface area contributed by atoms with Gasteiger partial charge in [0.15, 0.2) is 0 Å². The number of nitrogens with zero attached hydrogens (tertiary/aromatic N) is 1. The number of hydrogen-bond donors (Lipinski definition) is 1. The van der Waals surface area contributed by atoms with E-state index in [1.54, 1.807) is 6.07 Å². The Labute approximate surface area is 130 Å². The second kappa shape index (κ2) is 6.62. The van der Waals surface area contributed by atoms with Crippen LogP contribution in [0.1, 0.15) is 12.8 Å². The molecule has 0 amide bonds. The summed E-state index contributed by atoms with van der Waals surface area (Å²) in [5.41, 5.74) is 0. The van der Waals surface area contributed by atoms with Gasteiger partial charge in [-0.25, -0.2) is 25.9 Å². The fourth-order valence-corrected chi connectivity index (χ4v) is 5.01. The zero-order chi connectivity index (χ0) is 15.5. The Kier molecular flexibility index (Phi) is 5.26. The van der Waals surface area contributed by atoms with Crippen molar-refractivity contribution in [1.82, 2.24) is 9.03 Å². The minimum Gasteiger partial charge on any atom is -0.212 e. The third kappa shape index (κ3) is 4.40. The summed E-state index contributed by atoms with van der Waals surface area (Å²) in [7, 11) is -7.14. The van der Waals surface area contributed by atoms with Crippen molar-refractivity contribution in [3.05, 3.63) is 29.3 Å². The lowest BCUT2D eigenvalue weighted by molar-refractivity contribution is 0.477. The van der Waals surface area contributed by atoms with Gasteiger partial charge in [-0.15, -0.1) is 0 Å². The molecular formula is C12H17ClN2O4S2. The Balaban J connectivity index is 1.96. The van der Waals surface area contributed by atoms with Crippen molar-refractivity contribution in [2.75, 3.05) is 25.4 Å². The van der Waals surface area contributed by atoms with E-state index >= 15 is 0 Å². The van der Waals surface area contributed by atoms with Crippen LogP contribution in [0, 0.1) is 0 Å². The summed E-state index contributed by atoms with van der Waals surface area (Å²) in [4.78, 5) is 0.0218. The van der Waals surface area contributed by atoms with Crippen LogP contribution >= 0.6 is 11.6 Å². The van der Waals surface area contributed by atoms with Crippen LogP contribution in [0.5, 0.6) is 0 Å². The zero-order valence-electron chi connectivity index (χ0n) is 11.3. The maximum atomic E-state index is 12.0. The molecule has 1 aromatic rings. The number of halogens is 1. The van der Waals surface area contributed by atoms with Crippen LogP contribution in [-0.4, -0.2) is 46.5 Å². The van der Waals surface area contributed by atoms with E-state index in [1.807, 2.05) is 0 Å². The highest BCUT2D eigenvalue weighted by molar-refractivity contribution is 7.90. The number of sulfonamides is 2. The predicted molar refractivity (Wildman–Crippen MR) is 81.2 cm³/mol.